The molecule has 7 heteroatoms. The summed E-state index contributed by atoms with van der Waals surface area (Å²) in [6.07, 6.45) is 0.972. The fraction of sp³-hybridized carbons (Fsp3) is 0.467. The second-order valence-corrected chi connectivity index (χ2v) is 6.54. The van der Waals surface area contributed by atoms with E-state index in [0.29, 0.717) is 16.7 Å². The van der Waals surface area contributed by atoms with E-state index in [1.165, 1.54) is 11.3 Å². The molecule has 0 fully saturated rings. The first-order chi connectivity index (χ1) is 10.6. The molecule has 0 aliphatic heterocycles. The lowest BCUT2D eigenvalue weighted by molar-refractivity contribution is -0.896. The molecular formula is C15H22ClN4OS+. The summed E-state index contributed by atoms with van der Waals surface area (Å²) in [7, 11) is 0. The highest BCUT2D eigenvalue weighted by Gasteiger charge is 2.08. The third-order valence-electron chi connectivity index (χ3n) is 3.56. The van der Waals surface area contributed by atoms with Crippen molar-refractivity contribution in [2.24, 2.45) is 0 Å². The molecule has 0 radical (unpaired) electrons. The zero-order valence-corrected chi connectivity index (χ0v) is 14.5. The molecule has 1 aromatic heterocycles. The van der Waals surface area contributed by atoms with Crippen LogP contribution in [0.1, 0.15) is 20.3 Å². The number of urea groups is 1. The molecule has 120 valence electrons. The number of rotatable bonds is 7. The van der Waals surface area contributed by atoms with Gasteiger partial charge in [0.1, 0.15) is 0 Å². The Balaban J connectivity index is 1.78. The summed E-state index contributed by atoms with van der Waals surface area (Å²) in [6.45, 7) is 8.35. The molecule has 0 unspecified atom stereocenters. The van der Waals surface area contributed by atoms with E-state index < -0.39 is 0 Å². The van der Waals surface area contributed by atoms with Crippen molar-refractivity contribution in [1.29, 1.82) is 0 Å². The molecule has 2 aromatic rings. The average molecular weight is 342 g/mol. The SMILES string of the molecule is CC[NH+](CC)CCCNC(=O)Nc1nc2ccc(Cl)cc2s1. The Bertz CT molecular complexity index is 627. The van der Waals surface area contributed by atoms with Crippen LogP contribution in [0.2, 0.25) is 5.02 Å². The Kier molecular flexibility index (Phi) is 6.42. The number of quaternary nitrogens is 1. The minimum Gasteiger partial charge on any atom is -0.338 e. The van der Waals surface area contributed by atoms with Gasteiger partial charge < -0.3 is 10.2 Å². The van der Waals surface area contributed by atoms with Gasteiger partial charge in [-0.3, -0.25) is 5.32 Å². The van der Waals surface area contributed by atoms with Crippen LogP contribution in [0.3, 0.4) is 0 Å². The number of halogens is 1. The zero-order valence-electron chi connectivity index (χ0n) is 12.9. The van der Waals surface area contributed by atoms with Crippen molar-refractivity contribution < 1.29 is 9.69 Å². The first kappa shape index (κ1) is 17.0. The van der Waals surface area contributed by atoms with Gasteiger partial charge in [0, 0.05) is 18.0 Å². The minimum atomic E-state index is -0.209. The smallest absolute Gasteiger partial charge is 0.321 e. The van der Waals surface area contributed by atoms with E-state index in [2.05, 4.69) is 29.5 Å². The normalized spacial score (nSPS) is 11.1. The number of fused-ring (bicyclic) bond motifs is 1. The molecule has 2 amide bonds. The van der Waals surface area contributed by atoms with Crippen LogP contribution in [0.25, 0.3) is 10.2 Å². The first-order valence-corrected chi connectivity index (χ1v) is 8.76. The van der Waals surface area contributed by atoms with Gasteiger partial charge in [-0.05, 0) is 32.0 Å². The van der Waals surface area contributed by atoms with Crippen LogP contribution in [0.5, 0.6) is 0 Å². The first-order valence-electron chi connectivity index (χ1n) is 7.57. The van der Waals surface area contributed by atoms with E-state index in [9.17, 15) is 4.79 Å². The molecule has 3 N–H and O–H groups in total. The number of amides is 2. The molecule has 1 heterocycles. The molecule has 2 rings (SSSR count). The Morgan fingerprint density at radius 1 is 1.36 bits per heavy atom. The minimum absolute atomic E-state index is 0.209. The molecule has 1 aromatic carbocycles. The van der Waals surface area contributed by atoms with Gasteiger partial charge in [0.25, 0.3) is 0 Å². The maximum Gasteiger partial charge on any atom is 0.321 e. The number of hydrogen-bond acceptors (Lipinski definition) is 3. The molecule has 22 heavy (non-hydrogen) atoms. The standard InChI is InChI=1S/C15H21ClN4OS/c1-3-20(4-2)9-5-8-17-14(21)19-15-18-12-7-6-11(16)10-13(12)22-15/h6-7,10H,3-5,8-9H2,1-2H3,(H2,17,18,19,21)/p+1. The molecule has 5 nitrogen and oxygen atoms in total. The zero-order chi connectivity index (χ0) is 15.9. The van der Waals surface area contributed by atoms with Gasteiger partial charge in [-0.2, -0.15) is 0 Å². The highest BCUT2D eigenvalue weighted by atomic mass is 35.5. The van der Waals surface area contributed by atoms with Gasteiger partial charge in [0.2, 0.25) is 0 Å². The molecule has 0 saturated heterocycles. The van der Waals surface area contributed by atoms with E-state index >= 15 is 0 Å². The summed E-state index contributed by atoms with van der Waals surface area (Å²) in [4.78, 5) is 17.8. The molecule has 0 atom stereocenters. The summed E-state index contributed by atoms with van der Waals surface area (Å²) >= 11 is 7.36. The van der Waals surface area contributed by atoms with Crippen LogP contribution < -0.4 is 15.5 Å². The summed E-state index contributed by atoms with van der Waals surface area (Å²) in [5.41, 5.74) is 0.842. The van der Waals surface area contributed by atoms with Crippen molar-refractivity contribution >= 4 is 44.3 Å². The number of thiazole rings is 1. The highest BCUT2D eigenvalue weighted by molar-refractivity contribution is 7.22. The van der Waals surface area contributed by atoms with E-state index in [1.54, 1.807) is 11.0 Å². The lowest BCUT2D eigenvalue weighted by atomic mass is 10.3. The van der Waals surface area contributed by atoms with Gasteiger partial charge in [-0.1, -0.05) is 22.9 Å². The van der Waals surface area contributed by atoms with Gasteiger partial charge in [-0.25, -0.2) is 9.78 Å². The summed E-state index contributed by atoms with van der Waals surface area (Å²) in [5, 5.41) is 6.90. The summed E-state index contributed by atoms with van der Waals surface area (Å²) < 4.78 is 0.966. The fourth-order valence-electron chi connectivity index (χ4n) is 2.24. The van der Waals surface area contributed by atoms with Gasteiger partial charge >= 0.3 is 6.03 Å². The number of carbonyl (C=O) groups excluding carboxylic acids is 1. The van der Waals surface area contributed by atoms with Crippen molar-refractivity contribution in [3.8, 4) is 0 Å². The maximum absolute atomic E-state index is 11.9. The van der Waals surface area contributed by atoms with Gasteiger partial charge in [0.05, 0.1) is 29.9 Å². The lowest BCUT2D eigenvalue weighted by Gasteiger charge is -2.15. The number of carbonyl (C=O) groups is 1. The van der Waals surface area contributed by atoms with Crippen molar-refractivity contribution in [2.75, 3.05) is 31.5 Å². The van der Waals surface area contributed by atoms with Crippen molar-refractivity contribution in [2.45, 2.75) is 20.3 Å². The molecule has 0 bridgehead atoms. The Hall–Kier alpha value is -1.37. The van der Waals surface area contributed by atoms with Crippen LogP contribution in [0.15, 0.2) is 18.2 Å². The topological polar surface area (TPSA) is 58.5 Å². The fourth-order valence-corrected chi connectivity index (χ4v) is 3.37. The Morgan fingerprint density at radius 3 is 2.86 bits per heavy atom. The monoisotopic (exact) mass is 341 g/mol. The average Bonchev–Trinajstić information content (AvgIpc) is 2.88. The third kappa shape index (κ3) is 4.83. The van der Waals surface area contributed by atoms with Crippen molar-refractivity contribution in [1.82, 2.24) is 10.3 Å². The van der Waals surface area contributed by atoms with E-state index in [1.807, 2.05) is 12.1 Å². The predicted octanol–water partition coefficient (Wildman–Crippen LogP) is 2.39. The molecule has 0 saturated carbocycles. The van der Waals surface area contributed by atoms with E-state index in [-0.39, 0.29) is 6.03 Å². The molecule has 0 spiro atoms. The van der Waals surface area contributed by atoms with Crippen molar-refractivity contribution in [3.63, 3.8) is 0 Å². The van der Waals surface area contributed by atoms with Gasteiger partial charge in [-0.15, -0.1) is 0 Å². The number of nitrogens with one attached hydrogen (secondary N) is 3. The molecule has 0 aliphatic carbocycles. The highest BCUT2D eigenvalue weighted by Crippen LogP contribution is 2.28. The van der Waals surface area contributed by atoms with Crippen LogP contribution >= 0.6 is 22.9 Å². The van der Waals surface area contributed by atoms with Crippen LogP contribution in [-0.4, -0.2) is 37.2 Å². The second kappa shape index (κ2) is 8.31. The predicted molar refractivity (Wildman–Crippen MR) is 93.2 cm³/mol. The van der Waals surface area contributed by atoms with E-state index in [4.69, 9.17) is 11.6 Å². The number of anilines is 1. The second-order valence-electron chi connectivity index (χ2n) is 5.07. The summed E-state index contributed by atoms with van der Waals surface area (Å²) in [5.74, 6) is 0. The lowest BCUT2D eigenvalue weighted by Crippen LogP contribution is -3.11. The number of benzene rings is 1. The molecular weight excluding hydrogens is 320 g/mol. The third-order valence-corrected chi connectivity index (χ3v) is 4.73. The number of aromatic nitrogens is 1. The summed E-state index contributed by atoms with van der Waals surface area (Å²) in [6, 6.07) is 5.29. The largest absolute Gasteiger partial charge is 0.338 e. The number of nitrogens with zero attached hydrogens (tertiary/aromatic N) is 1. The Morgan fingerprint density at radius 2 is 2.14 bits per heavy atom. The van der Waals surface area contributed by atoms with Crippen molar-refractivity contribution in [3.05, 3.63) is 23.2 Å². The van der Waals surface area contributed by atoms with Crippen LogP contribution in [-0.2, 0) is 0 Å². The van der Waals surface area contributed by atoms with Crippen LogP contribution in [0, 0.1) is 0 Å². The van der Waals surface area contributed by atoms with Crippen LogP contribution in [0.4, 0.5) is 9.93 Å². The molecule has 0 aliphatic rings. The maximum atomic E-state index is 11.9. The van der Waals surface area contributed by atoms with E-state index in [0.717, 1.165) is 36.3 Å². The quantitative estimate of drug-likeness (QED) is 0.677. The number of hydrogen-bond donors (Lipinski definition) is 3. The Labute approximate surface area is 139 Å². The van der Waals surface area contributed by atoms with Gasteiger partial charge in [0.15, 0.2) is 5.13 Å².